The van der Waals surface area contributed by atoms with Crippen molar-refractivity contribution < 1.29 is 4.74 Å². The summed E-state index contributed by atoms with van der Waals surface area (Å²) in [6.45, 7) is 4.44. The van der Waals surface area contributed by atoms with Gasteiger partial charge in [0.25, 0.3) is 0 Å². The second kappa shape index (κ2) is 4.53. The topological polar surface area (TPSA) is 48.1 Å². The van der Waals surface area contributed by atoms with Crippen LogP contribution in [0.3, 0.4) is 0 Å². The van der Waals surface area contributed by atoms with E-state index in [0.717, 1.165) is 22.0 Å². The molecule has 0 aliphatic heterocycles. The molecule has 0 radical (unpaired) electrons. The summed E-state index contributed by atoms with van der Waals surface area (Å²) in [6, 6.07) is 5.75. The highest BCUT2D eigenvalue weighted by molar-refractivity contribution is 7.09. The average molecular weight is 234 g/mol. The van der Waals surface area contributed by atoms with Gasteiger partial charge in [-0.25, -0.2) is 4.98 Å². The molecule has 0 amide bonds. The Morgan fingerprint density at radius 2 is 2.19 bits per heavy atom. The number of thiazole rings is 1. The van der Waals surface area contributed by atoms with Crippen LogP contribution in [-0.4, -0.2) is 4.98 Å². The number of nitrogen functional groups attached to an aromatic ring is 1. The van der Waals surface area contributed by atoms with E-state index in [2.05, 4.69) is 4.98 Å². The zero-order valence-corrected chi connectivity index (χ0v) is 10.2. The smallest absolute Gasteiger partial charge is 0.145 e. The van der Waals surface area contributed by atoms with Crippen molar-refractivity contribution in [3.63, 3.8) is 0 Å². The molecular weight excluding hydrogens is 220 g/mol. The van der Waals surface area contributed by atoms with Crippen molar-refractivity contribution in [1.82, 2.24) is 4.98 Å². The second-order valence-corrected chi connectivity index (χ2v) is 4.70. The fourth-order valence-corrected chi connectivity index (χ4v) is 2.09. The molecule has 0 bridgehead atoms. The van der Waals surface area contributed by atoms with Gasteiger partial charge in [0.15, 0.2) is 0 Å². The van der Waals surface area contributed by atoms with Gasteiger partial charge in [0.1, 0.15) is 12.4 Å². The second-order valence-electron chi connectivity index (χ2n) is 3.64. The molecule has 0 fully saturated rings. The van der Waals surface area contributed by atoms with Crippen molar-refractivity contribution in [3.8, 4) is 5.75 Å². The molecule has 1 aromatic heterocycles. The van der Waals surface area contributed by atoms with E-state index in [1.807, 2.05) is 37.4 Å². The van der Waals surface area contributed by atoms with Crippen LogP contribution in [0.2, 0.25) is 0 Å². The summed E-state index contributed by atoms with van der Waals surface area (Å²) < 4.78 is 5.69. The van der Waals surface area contributed by atoms with Crippen molar-refractivity contribution >= 4 is 17.0 Å². The van der Waals surface area contributed by atoms with Gasteiger partial charge in [-0.15, -0.1) is 11.3 Å². The van der Waals surface area contributed by atoms with E-state index >= 15 is 0 Å². The normalized spacial score (nSPS) is 10.4. The monoisotopic (exact) mass is 234 g/mol. The Balaban J connectivity index is 2.10. The van der Waals surface area contributed by atoms with Crippen LogP contribution in [0.25, 0.3) is 0 Å². The summed E-state index contributed by atoms with van der Waals surface area (Å²) in [6.07, 6.45) is 0. The Labute approximate surface area is 98.9 Å². The Morgan fingerprint density at radius 3 is 2.81 bits per heavy atom. The van der Waals surface area contributed by atoms with Crippen molar-refractivity contribution in [2.45, 2.75) is 20.5 Å². The quantitative estimate of drug-likeness (QED) is 0.831. The number of para-hydroxylation sites is 1. The van der Waals surface area contributed by atoms with Crippen molar-refractivity contribution in [1.29, 1.82) is 0 Å². The number of ether oxygens (including phenoxy) is 1. The lowest BCUT2D eigenvalue weighted by atomic mass is 10.2. The molecule has 84 valence electrons. The summed E-state index contributed by atoms with van der Waals surface area (Å²) in [5.41, 5.74) is 8.52. The van der Waals surface area contributed by atoms with Gasteiger partial charge in [-0.05, 0) is 25.5 Å². The maximum Gasteiger partial charge on any atom is 0.145 e. The summed E-state index contributed by atoms with van der Waals surface area (Å²) >= 11 is 1.63. The fourth-order valence-electron chi connectivity index (χ4n) is 1.49. The van der Waals surface area contributed by atoms with Crippen LogP contribution in [-0.2, 0) is 6.61 Å². The number of hydrogen-bond acceptors (Lipinski definition) is 4. The molecule has 2 aromatic rings. The Hall–Kier alpha value is -1.55. The molecule has 2 N–H and O–H groups in total. The van der Waals surface area contributed by atoms with Gasteiger partial charge >= 0.3 is 0 Å². The number of anilines is 1. The van der Waals surface area contributed by atoms with Gasteiger partial charge in [0.2, 0.25) is 0 Å². The van der Waals surface area contributed by atoms with Gasteiger partial charge in [-0.1, -0.05) is 12.1 Å². The Kier molecular flexibility index (Phi) is 3.10. The summed E-state index contributed by atoms with van der Waals surface area (Å²) in [5, 5.41) is 3.06. The number of hydrogen-bond donors (Lipinski definition) is 1. The Bertz CT molecular complexity index is 473. The van der Waals surface area contributed by atoms with E-state index < -0.39 is 0 Å². The molecular formula is C12H14N2OS. The van der Waals surface area contributed by atoms with Gasteiger partial charge in [-0.2, -0.15) is 0 Å². The van der Waals surface area contributed by atoms with Crippen LogP contribution in [0.5, 0.6) is 5.75 Å². The minimum Gasteiger partial charge on any atom is -0.485 e. The molecule has 0 aliphatic rings. The third kappa shape index (κ3) is 2.33. The molecule has 3 nitrogen and oxygen atoms in total. The number of aryl methyl sites for hydroxylation is 2. The third-order valence-corrected chi connectivity index (χ3v) is 3.10. The summed E-state index contributed by atoms with van der Waals surface area (Å²) in [7, 11) is 0. The first-order valence-corrected chi connectivity index (χ1v) is 5.93. The molecule has 4 heteroatoms. The summed E-state index contributed by atoms with van der Waals surface area (Å²) in [4.78, 5) is 4.34. The molecule has 0 aliphatic carbocycles. The van der Waals surface area contributed by atoms with Gasteiger partial charge < -0.3 is 10.5 Å². The van der Waals surface area contributed by atoms with Crippen molar-refractivity contribution in [2.24, 2.45) is 0 Å². The minimum atomic E-state index is 0.472. The fraction of sp³-hybridized carbons (Fsp3) is 0.250. The molecule has 0 atom stereocenters. The molecule has 0 spiro atoms. The lowest BCUT2D eigenvalue weighted by molar-refractivity contribution is 0.301. The zero-order valence-electron chi connectivity index (χ0n) is 9.36. The number of benzene rings is 1. The van der Waals surface area contributed by atoms with Gasteiger partial charge in [-0.3, -0.25) is 0 Å². The Morgan fingerprint density at radius 1 is 1.38 bits per heavy atom. The van der Waals surface area contributed by atoms with Crippen molar-refractivity contribution in [2.75, 3.05) is 5.73 Å². The predicted octanol–water partition coefficient (Wildman–Crippen LogP) is 2.92. The highest BCUT2D eigenvalue weighted by atomic mass is 32.1. The van der Waals surface area contributed by atoms with Crippen LogP contribution in [0.1, 0.15) is 16.3 Å². The van der Waals surface area contributed by atoms with Gasteiger partial charge in [0, 0.05) is 5.38 Å². The molecule has 1 heterocycles. The first-order chi connectivity index (χ1) is 7.66. The SMILES string of the molecule is Cc1nc(COc2c(C)cccc2N)cs1. The molecule has 16 heavy (non-hydrogen) atoms. The molecule has 0 unspecified atom stereocenters. The highest BCUT2D eigenvalue weighted by Gasteiger charge is 2.05. The maximum atomic E-state index is 5.85. The van der Waals surface area contributed by atoms with E-state index in [9.17, 15) is 0 Å². The molecule has 2 rings (SSSR count). The van der Waals surface area contributed by atoms with Crippen LogP contribution in [0.15, 0.2) is 23.6 Å². The lowest BCUT2D eigenvalue weighted by Gasteiger charge is -2.10. The first kappa shape index (κ1) is 11.0. The third-order valence-electron chi connectivity index (χ3n) is 2.27. The number of aromatic nitrogens is 1. The first-order valence-electron chi connectivity index (χ1n) is 5.05. The van der Waals surface area contributed by atoms with E-state index in [4.69, 9.17) is 10.5 Å². The van der Waals surface area contributed by atoms with Crippen LogP contribution >= 0.6 is 11.3 Å². The largest absolute Gasteiger partial charge is 0.485 e. The molecule has 1 aromatic carbocycles. The molecule has 0 saturated carbocycles. The van der Waals surface area contributed by atoms with E-state index in [1.54, 1.807) is 11.3 Å². The van der Waals surface area contributed by atoms with Crippen LogP contribution < -0.4 is 10.5 Å². The predicted molar refractivity (Wildman–Crippen MR) is 66.8 cm³/mol. The van der Waals surface area contributed by atoms with Gasteiger partial charge in [0.05, 0.1) is 16.4 Å². The van der Waals surface area contributed by atoms with E-state index in [-0.39, 0.29) is 0 Å². The standard InChI is InChI=1S/C12H14N2OS/c1-8-4-3-5-11(13)12(8)15-6-10-7-16-9(2)14-10/h3-5,7H,6,13H2,1-2H3. The maximum absolute atomic E-state index is 5.85. The van der Waals surface area contributed by atoms with Crippen LogP contribution in [0, 0.1) is 13.8 Å². The van der Waals surface area contributed by atoms with E-state index in [1.165, 1.54) is 0 Å². The average Bonchev–Trinajstić information content (AvgIpc) is 2.63. The number of nitrogens with two attached hydrogens (primary N) is 1. The zero-order chi connectivity index (χ0) is 11.5. The molecule has 0 saturated heterocycles. The lowest BCUT2D eigenvalue weighted by Crippen LogP contribution is -2.00. The number of nitrogens with zero attached hydrogens (tertiary/aromatic N) is 1. The van der Waals surface area contributed by atoms with E-state index in [0.29, 0.717) is 12.3 Å². The number of rotatable bonds is 3. The summed E-state index contributed by atoms with van der Waals surface area (Å²) in [5.74, 6) is 0.758. The highest BCUT2D eigenvalue weighted by Crippen LogP contribution is 2.26. The van der Waals surface area contributed by atoms with Crippen molar-refractivity contribution in [3.05, 3.63) is 39.8 Å². The minimum absolute atomic E-state index is 0.472. The van der Waals surface area contributed by atoms with Crippen LogP contribution in [0.4, 0.5) is 5.69 Å².